The highest BCUT2D eigenvalue weighted by Crippen LogP contribution is 2.42. The van der Waals surface area contributed by atoms with Gasteiger partial charge in [-0.2, -0.15) is 0 Å². The Hall–Kier alpha value is -4.11. The van der Waals surface area contributed by atoms with Crippen molar-refractivity contribution in [3.05, 3.63) is 91.3 Å². The third kappa shape index (κ3) is 2.20. The standard InChI is InChI=1S/C28H18N2O/c1-30-15-14-29-28(30)17-10-11-21-24-13-12-23-20-8-3-2-6-18(20)19-7-4-5-9-22(19)26(23)27(24)31-25(21)16-17/h2-16H,1H3. The number of benzene rings is 5. The van der Waals surface area contributed by atoms with Crippen LogP contribution in [0.5, 0.6) is 0 Å². The summed E-state index contributed by atoms with van der Waals surface area (Å²) in [5.74, 6) is 0.934. The van der Waals surface area contributed by atoms with Crippen molar-refractivity contribution in [3.63, 3.8) is 0 Å². The van der Waals surface area contributed by atoms with E-state index in [9.17, 15) is 0 Å². The molecule has 3 nitrogen and oxygen atoms in total. The molecule has 0 aliphatic heterocycles. The molecule has 146 valence electrons. The van der Waals surface area contributed by atoms with Crippen molar-refractivity contribution in [1.29, 1.82) is 0 Å². The first-order valence-electron chi connectivity index (χ1n) is 10.5. The lowest BCUT2D eigenvalue weighted by Crippen LogP contribution is -1.90. The summed E-state index contributed by atoms with van der Waals surface area (Å²) >= 11 is 0. The zero-order chi connectivity index (χ0) is 20.5. The van der Waals surface area contributed by atoms with Crippen LogP contribution in [-0.4, -0.2) is 9.55 Å². The van der Waals surface area contributed by atoms with Crippen LogP contribution in [0.4, 0.5) is 0 Å². The van der Waals surface area contributed by atoms with Crippen LogP contribution in [-0.2, 0) is 7.05 Å². The molecule has 5 aromatic carbocycles. The van der Waals surface area contributed by atoms with Gasteiger partial charge in [-0.15, -0.1) is 0 Å². The topological polar surface area (TPSA) is 31.0 Å². The van der Waals surface area contributed by atoms with Crippen molar-refractivity contribution in [2.24, 2.45) is 7.05 Å². The number of imidazole rings is 1. The van der Waals surface area contributed by atoms with Gasteiger partial charge in [0.1, 0.15) is 17.0 Å². The van der Waals surface area contributed by atoms with Crippen molar-refractivity contribution in [2.75, 3.05) is 0 Å². The molecule has 0 saturated heterocycles. The third-order valence-corrected chi connectivity index (χ3v) is 6.42. The highest BCUT2D eigenvalue weighted by Gasteiger charge is 2.16. The molecule has 0 fully saturated rings. The predicted molar refractivity (Wildman–Crippen MR) is 128 cm³/mol. The van der Waals surface area contributed by atoms with E-state index in [0.29, 0.717) is 0 Å². The van der Waals surface area contributed by atoms with Crippen LogP contribution in [0.3, 0.4) is 0 Å². The first-order chi connectivity index (χ1) is 15.3. The van der Waals surface area contributed by atoms with Crippen molar-refractivity contribution in [1.82, 2.24) is 9.55 Å². The molecule has 0 N–H and O–H groups in total. The Morgan fingerprint density at radius 2 is 1.29 bits per heavy atom. The maximum Gasteiger partial charge on any atom is 0.143 e. The molecule has 31 heavy (non-hydrogen) atoms. The average Bonchev–Trinajstić information content (AvgIpc) is 3.41. The minimum Gasteiger partial charge on any atom is -0.455 e. The molecule has 0 amide bonds. The zero-order valence-electron chi connectivity index (χ0n) is 17.0. The summed E-state index contributed by atoms with van der Waals surface area (Å²) in [6.07, 6.45) is 3.78. The Morgan fingerprint density at radius 1 is 0.677 bits per heavy atom. The van der Waals surface area contributed by atoms with Gasteiger partial charge in [-0.05, 0) is 45.1 Å². The van der Waals surface area contributed by atoms with Gasteiger partial charge < -0.3 is 8.98 Å². The molecule has 0 aliphatic carbocycles. The van der Waals surface area contributed by atoms with Crippen LogP contribution in [0.25, 0.3) is 65.6 Å². The maximum absolute atomic E-state index is 6.56. The number of fused-ring (bicyclic) bond motifs is 10. The molecule has 3 heteroatoms. The first kappa shape index (κ1) is 16.7. The molecule has 2 aromatic heterocycles. The fourth-order valence-electron chi connectivity index (χ4n) is 5.00. The van der Waals surface area contributed by atoms with Gasteiger partial charge in [-0.1, -0.05) is 60.7 Å². The number of hydrogen-bond donors (Lipinski definition) is 0. The lowest BCUT2D eigenvalue weighted by Gasteiger charge is -2.10. The summed E-state index contributed by atoms with van der Waals surface area (Å²) in [6.45, 7) is 0. The molecular weight excluding hydrogens is 380 g/mol. The van der Waals surface area contributed by atoms with Crippen LogP contribution < -0.4 is 0 Å². The Balaban J connectivity index is 1.66. The van der Waals surface area contributed by atoms with Crippen LogP contribution >= 0.6 is 0 Å². The van der Waals surface area contributed by atoms with Crippen LogP contribution in [0.1, 0.15) is 0 Å². The summed E-state index contributed by atoms with van der Waals surface area (Å²) in [6, 6.07) is 28.1. The van der Waals surface area contributed by atoms with Gasteiger partial charge in [0.25, 0.3) is 0 Å². The second kappa shape index (κ2) is 5.96. The Morgan fingerprint density at radius 3 is 2.00 bits per heavy atom. The van der Waals surface area contributed by atoms with Crippen LogP contribution in [0, 0.1) is 0 Å². The summed E-state index contributed by atoms with van der Waals surface area (Å²) in [7, 11) is 2.01. The van der Waals surface area contributed by atoms with Gasteiger partial charge >= 0.3 is 0 Å². The molecule has 2 heterocycles. The highest BCUT2D eigenvalue weighted by atomic mass is 16.3. The fraction of sp³-hybridized carbons (Fsp3) is 0.0357. The number of rotatable bonds is 1. The largest absolute Gasteiger partial charge is 0.455 e. The van der Waals surface area contributed by atoms with Gasteiger partial charge in [-0.3, -0.25) is 0 Å². The molecule has 0 radical (unpaired) electrons. The Labute approximate surface area is 178 Å². The average molecular weight is 398 g/mol. The monoisotopic (exact) mass is 398 g/mol. The van der Waals surface area contributed by atoms with Crippen LogP contribution in [0.2, 0.25) is 0 Å². The molecule has 0 aliphatic rings. The highest BCUT2D eigenvalue weighted by molar-refractivity contribution is 6.32. The number of furan rings is 1. The van der Waals surface area contributed by atoms with Crippen molar-refractivity contribution in [2.45, 2.75) is 0 Å². The number of aromatic nitrogens is 2. The number of hydrogen-bond acceptors (Lipinski definition) is 2. The molecule has 7 rings (SSSR count). The second-order valence-electron chi connectivity index (χ2n) is 8.13. The van der Waals surface area contributed by atoms with E-state index >= 15 is 0 Å². The Bertz CT molecular complexity index is 1770. The predicted octanol–water partition coefficient (Wildman–Crippen LogP) is 7.45. The van der Waals surface area contributed by atoms with E-state index in [2.05, 4.69) is 83.8 Å². The molecular formula is C28H18N2O. The van der Waals surface area contributed by atoms with E-state index in [-0.39, 0.29) is 0 Å². The smallest absolute Gasteiger partial charge is 0.143 e. The second-order valence-corrected chi connectivity index (χ2v) is 8.13. The minimum absolute atomic E-state index is 0.889. The SMILES string of the molecule is Cn1ccnc1-c1ccc2c(c1)oc1c2ccc2c3ccccc3c3ccccc3c21. The van der Waals surface area contributed by atoms with Gasteiger partial charge in [0.05, 0.1) is 0 Å². The summed E-state index contributed by atoms with van der Waals surface area (Å²) in [4.78, 5) is 4.49. The Kier molecular flexibility index (Phi) is 3.20. The van der Waals surface area contributed by atoms with Crippen molar-refractivity contribution < 1.29 is 4.42 Å². The maximum atomic E-state index is 6.56. The lowest BCUT2D eigenvalue weighted by atomic mass is 9.93. The van der Waals surface area contributed by atoms with Gasteiger partial charge in [0.2, 0.25) is 0 Å². The first-order valence-corrected chi connectivity index (χ1v) is 10.5. The summed E-state index contributed by atoms with van der Waals surface area (Å²) in [5, 5.41) is 9.70. The van der Waals surface area contributed by atoms with Crippen molar-refractivity contribution in [3.8, 4) is 11.4 Å². The third-order valence-electron chi connectivity index (χ3n) is 6.42. The van der Waals surface area contributed by atoms with E-state index in [4.69, 9.17) is 4.42 Å². The number of aryl methyl sites for hydroxylation is 1. The summed E-state index contributed by atoms with van der Waals surface area (Å²) in [5.41, 5.74) is 2.89. The summed E-state index contributed by atoms with van der Waals surface area (Å²) < 4.78 is 8.59. The van der Waals surface area contributed by atoms with Crippen LogP contribution in [0.15, 0.2) is 95.7 Å². The zero-order valence-corrected chi connectivity index (χ0v) is 17.0. The minimum atomic E-state index is 0.889. The molecule has 0 saturated carbocycles. The van der Waals surface area contributed by atoms with Gasteiger partial charge in [0.15, 0.2) is 0 Å². The normalized spacial score (nSPS) is 12.0. The van der Waals surface area contributed by atoms with Gasteiger partial charge in [-0.25, -0.2) is 4.98 Å². The lowest BCUT2D eigenvalue weighted by molar-refractivity contribution is 0.673. The van der Waals surface area contributed by atoms with Gasteiger partial charge in [0, 0.05) is 41.2 Å². The molecule has 0 spiro atoms. The van der Waals surface area contributed by atoms with E-state index in [0.717, 1.165) is 33.3 Å². The quantitative estimate of drug-likeness (QED) is 0.269. The molecule has 0 unspecified atom stereocenters. The van der Waals surface area contributed by atoms with E-state index in [1.165, 1.54) is 32.3 Å². The van der Waals surface area contributed by atoms with E-state index in [1.54, 1.807) is 0 Å². The van der Waals surface area contributed by atoms with Crippen molar-refractivity contribution >= 4 is 54.3 Å². The van der Waals surface area contributed by atoms with E-state index < -0.39 is 0 Å². The molecule has 0 atom stereocenters. The fourth-order valence-corrected chi connectivity index (χ4v) is 5.00. The van der Waals surface area contributed by atoms with E-state index in [1.807, 2.05) is 24.0 Å². The molecule has 7 aromatic rings. The number of nitrogens with zero attached hydrogens (tertiary/aromatic N) is 2. The molecule has 0 bridgehead atoms.